The van der Waals surface area contributed by atoms with E-state index in [9.17, 15) is 0 Å². The van der Waals surface area contributed by atoms with Gasteiger partial charge in [-0.2, -0.15) is 4.98 Å². The number of nitrogens with one attached hydrogen (secondary N) is 1. The smallest absolute Gasteiger partial charge is 0.219 e. The zero-order valence-corrected chi connectivity index (χ0v) is 11.9. The lowest BCUT2D eigenvalue weighted by Gasteiger charge is -2.27. The van der Waals surface area contributed by atoms with Crippen LogP contribution in [-0.4, -0.2) is 23.1 Å². The molecule has 0 radical (unpaired) electrons. The van der Waals surface area contributed by atoms with Gasteiger partial charge in [0.2, 0.25) is 5.88 Å². The van der Waals surface area contributed by atoms with E-state index in [1.54, 1.807) is 0 Å². The fraction of sp³-hybridized carbons (Fsp3) is 0.733. The number of aromatic nitrogens is 2. The summed E-state index contributed by atoms with van der Waals surface area (Å²) in [6, 6.07) is 1.92. The molecule has 2 saturated carbocycles. The standard InChI is InChI=1S/C15H23N3O/c1-10-4-3-5-12(8-10)19-14-9-13(16-2)17-15(18-14)11-6-7-11/h9-12H,3-8H2,1-2H3,(H,16,17,18). The summed E-state index contributed by atoms with van der Waals surface area (Å²) in [6.45, 7) is 2.31. The van der Waals surface area contributed by atoms with Gasteiger partial charge in [-0.15, -0.1) is 0 Å². The first-order valence-electron chi connectivity index (χ1n) is 7.48. The summed E-state index contributed by atoms with van der Waals surface area (Å²) in [5.41, 5.74) is 0. The molecule has 2 fully saturated rings. The third-order valence-electron chi connectivity index (χ3n) is 4.09. The van der Waals surface area contributed by atoms with E-state index in [4.69, 9.17) is 4.74 Å². The van der Waals surface area contributed by atoms with Crippen molar-refractivity contribution in [1.29, 1.82) is 0 Å². The van der Waals surface area contributed by atoms with E-state index in [-0.39, 0.29) is 0 Å². The average molecular weight is 261 g/mol. The largest absolute Gasteiger partial charge is 0.474 e. The Morgan fingerprint density at radius 2 is 2.05 bits per heavy atom. The molecule has 4 nitrogen and oxygen atoms in total. The Balaban J connectivity index is 1.73. The second-order valence-corrected chi connectivity index (χ2v) is 5.99. The number of nitrogens with zero attached hydrogens (tertiary/aromatic N) is 2. The molecule has 0 bridgehead atoms. The van der Waals surface area contributed by atoms with Crippen molar-refractivity contribution in [2.24, 2.45) is 5.92 Å². The highest BCUT2D eigenvalue weighted by Gasteiger charge is 2.28. The van der Waals surface area contributed by atoms with Crippen LogP contribution in [0.1, 0.15) is 57.2 Å². The van der Waals surface area contributed by atoms with Gasteiger partial charge in [0, 0.05) is 19.0 Å². The highest BCUT2D eigenvalue weighted by atomic mass is 16.5. The normalized spacial score (nSPS) is 27.1. The molecule has 4 heteroatoms. The van der Waals surface area contributed by atoms with Gasteiger partial charge in [0.15, 0.2) is 0 Å². The maximum Gasteiger partial charge on any atom is 0.219 e. The maximum absolute atomic E-state index is 6.10. The van der Waals surface area contributed by atoms with Gasteiger partial charge in [0.1, 0.15) is 17.7 Å². The molecule has 104 valence electrons. The SMILES string of the molecule is CNc1cc(OC2CCCC(C)C2)nc(C2CC2)n1. The lowest BCUT2D eigenvalue weighted by atomic mass is 9.89. The Hall–Kier alpha value is -1.32. The predicted molar refractivity (Wildman–Crippen MR) is 75.6 cm³/mol. The number of anilines is 1. The van der Waals surface area contributed by atoms with Gasteiger partial charge in [0.25, 0.3) is 0 Å². The van der Waals surface area contributed by atoms with Crippen molar-refractivity contribution < 1.29 is 4.74 Å². The zero-order chi connectivity index (χ0) is 13.2. The van der Waals surface area contributed by atoms with E-state index in [1.165, 1.54) is 25.7 Å². The summed E-state index contributed by atoms with van der Waals surface area (Å²) < 4.78 is 6.10. The zero-order valence-electron chi connectivity index (χ0n) is 11.9. The monoisotopic (exact) mass is 261 g/mol. The molecule has 0 saturated heterocycles. The predicted octanol–water partition coefficient (Wildman–Crippen LogP) is 3.35. The molecule has 1 N–H and O–H groups in total. The van der Waals surface area contributed by atoms with Crippen molar-refractivity contribution >= 4 is 5.82 Å². The van der Waals surface area contributed by atoms with Gasteiger partial charge in [-0.1, -0.05) is 13.3 Å². The van der Waals surface area contributed by atoms with Crippen LogP contribution in [0.15, 0.2) is 6.07 Å². The van der Waals surface area contributed by atoms with Crippen LogP contribution in [-0.2, 0) is 0 Å². The summed E-state index contributed by atoms with van der Waals surface area (Å²) in [4.78, 5) is 9.11. The highest BCUT2D eigenvalue weighted by molar-refractivity contribution is 5.38. The van der Waals surface area contributed by atoms with Crippen LogP contribution >= 0.6 is 0 Å². The van der Waals surface area contributed by atoms with Crippen LogP contribution in [0.3, 0.4) is 0 Å². The molecule has 3 rings (SSSR count). The molecule has 2 unspecified atom stereocenters. The van der Waals surface area contributed by atoms with Crippen molar-refractivity contribution in [2.45, 2.75) is 57.5 Å². The number of rotatable bonds is 4. The lowest BCUT2D eigenvalue weighted by Crippen LogP contribution is -2.24. The van der Waals surface area contributed by atoms with Crippen molar-refractivity contribution in [3.8, 4) is 5.88 Å². The molecule has 0 aliphatic heterocycles. The summed E-state index contributed by atoms with van der Waals surface area (Å²) in [6.07, 6.45) is 7.67. The minimum absolute atomic E-state index is 0.329. The Morgan fingerprint density at radius 3 is 2.74 bits per heavy atom. The summed E-state index contributed by atoms with van der Waals surface area (Å²) in [5, 5.41) is 3.11. The minimum Gasteiger partial charge on any atom is -0.474 e. The van der Waals surface area contributed by atoms with E-state index in [0.29, 0.717) is 12.0 Å². The summed E-state index contributed by atoms with van der Waals surface area (Å²) in [5.74, 6) is 3.90. The van der Waals surface area contributed by atoms with Crippen LogP contribution in [0.4, 0.5) is 5.82 Å². The fourth-order valence-corrected chi connectivity index (χ4v) is 2.81. The van der Waals surface area contributed by atoms with Crippen molar-refractivity contribution in [1.82, 2.24) is 9.97 Å². The molecule has 1 aromatic rings. The molecular weight excluding hydrogens is 238 g/mol. The van der Waals surface area contributed by atoms with Crippen molar-refractivity contribution in [3.63, 3.8) is 0 Å². The highest BCUT2D eigenvalue weighted by Crippen LogP contribution is 2.39. The third-order valence-corrected chi connectivity index (χ3v) is 4.09. The van der Waals surface area contributed by atoms with E-state index < -0.39 is 0 Å². The molecule has 2 aliphatic rings. The molecule has 2 atom stereocenters. The van der Waals surface area contributed by atoms with Crippen molar-refractivity contribution in [3.05, 3.63) is 11.9 Å². The first-order valence-corrected chi connectivity index (χ1v) is 7.48. The second-order valence-electron chi connectivity index (χ2n) is 5.99. The van der Waals surface area contributed by atoms with Gasteiger partial charge in [0.05, 0.1) is 0 Å². The van der Waals surface area contributed by atoms with Gasteiger partial charge in [-0.25, -0.2) is 4.98 Å². The molecule has 19 heavy (non-hydrogen) atoms. The Morgan fingerprint density at radius 1 is 1.21 bits per heavy atom. The summed E-state index contributed by atoms with van der Waals surface area (Å²) >= 11 is 0. The summed E-state index contributed by atoms with van der Waals surface area (Å²) in [7, 11) is 1.89. The molecule has 0 aromatic carbocycles. The van der Waals surface area contributed by atoms with E-state index in [2.05, 4.69) is 22.2 Å². The third kappa shape index (κ3) is 3.17. The second kappa shape index (κ2) is 5.35. The molecule has 2 aliphatic carbocycles. The molecular formula is C15H23N3O. The van der Waals surface area contributed by atoms with E-state index in [0.717, 1.165) is 36.3 Å². The maximum atomic E-state index is 6.10. The topological polar surface area (TPSA) is 47.0 Å². The van der Waals surface area contributed by atoms with Gasteiger partial charge in [-0.05, 0) is 38.0 Å². The first kappa shape index (κ1) is 12.7. The number of ether oxygens (including phenoxy) is 1. The lowest BCUT2D eigenvalue weighted by molar-refractivity contribution is 0.123. The Bertz CT molecular complexity index is 445. The average Bonchev–Trinajstić information content (AvgIpc) is 3.22. The Kier molecular flexibility index (Phi) is 3.58. The Labute approximate surface area is 115 Å². The van der Waals surface area contributed by atoms with Crippen molar-refractivity contribution in [2.75, 3.05) is 12.4 Å². The minimum atomic E-state index is 0.329. The van der Waals surface area contributed by atoms with Gasteiger partial charge < -0.3 is 10.1 Å². The quantitative estimate of drug-likeness (QED) is 0.903. The van der Waals surface area contributed by atoms with Crippen LogP contribution < -0.4 is 10.1 Å². The van der Waals surface area contributed by atoms with E-state index in [1.807, 2.05) is 13.1 Å². The molecule has 1 heterocycles. The molecule has 0 amide bonds. The van der Waals surface area contributed by atoms with Gasteiger partial charge >= 0.3 is 0 Å². The fourth-order valence-electron chi connectivity index (χ4n) is 2.81. The number of hydrogen-bond donors (Lipinski definition) is 1. The number of hydrogen-bond acceptors (Lipinski definition) is 4. The molecule has 0 spiro atoms. The molecule has 1 aromatic heterocycles. The van der Waals surface area contributed by atoms with E-state index >= 15 is 0 Å². The van der Waals surface area contributed by atoms with Gasteiger partial charge in [-0.3, -0.25) is 0 Å². The van der Waals surface area contributed by atoms with Crippen LogP contribution in [0.5, 0.6) is 5.88 Å². The van der Waals surface area contributed by atoms with Crippen LogP contribution in [0.2, 0.25) is 0 Å². The van der Waals surface area contributed by atoms with Crippen LogP contribution in [0, 0.1) is 5.92 Å². The first-order chi connectivity index (χ1) is 9.24. The van der Waals surface area contributed by atoms with Crippen LogP contribution in [0.25, 0.3) is 0 Å².